The van der Waals surface area contributed by atoms with Crippen LogP contribution < -0.4 is 5.32 Å². The highest BCUT2D eigenvalue weighted by molar-refractivity contribution is 6.00. The van der Waals surface area contributed by atoms with Crippen LogP contribution in [0.2, 0.25) is 0 Å². The number of Topliss-reactive ketones (excluding diaryl/α,β-unsaturated/α-hetero) is 1. The summed E-state index contributed by atoms with van der Waals surface area (Å²) in [5.41, 5.74) is 5.42. The van der Waals surface area contributed by atoms with Gasteiger partial charge in [-0.1, -0.05) is 29.8 Å². The predicted octanol–water partition coefficient (Wildman–Crippen LogP) is 3.98. The number of carbonyl (C=O) groups excluding carboxylic acids is 3. The summed E-state index contributed by atoms with van der Waals surface area (Å²) in [4.78, 5) is 38.4. The Hall–Kier alpha value is -2.95. The quantitative estimate of drug-likeness (QED) is 0.739. The third-order valence-electron chi connectivity index (χ3n) is 4.94. The van der Waals surface area contributed by atoms with Crippen LogP contribution in [-0.4, -0.2) is 36.1 Å². The molecule has 0 aliphatic heterocycles. The molecule has 5 nitrogen and oxygen atoms in total. The van der Waals surface area contributed by atoms with Crippen molar-refractivity contribution in [1.29, 1.82) is 0 Å². The molecule has 148 valence electrons. The van der Waals surface area contributed by atoms with E-state index in [1.165, 1.54) is 4.90 Å². The minimum absolute atomic E-state index is 0.0517. The van der Waals surface area contributed by atoms with E-state index in [1.807, 2.05) is 64.1 Å². The lowest BCUT2D eigenvalue weighted by molar-refractivity contribution is -0.133. The highest BCUT2D eigenvalue weighted by Crippen LogP contribution is 2.18. The fourth-order valence-electron chi connectivity index (χ4n) is 2.96. The number of hydrogen-bond acceptors (Lipinski definition) is 3. The van der Waals surface area contributed by atoms with Crippen molar-refractivity contribution in [1.82, 2.24) is 4.90 Å². The summed E-state index contributed by atoms with van der Waals surface area (Å²) in [5.74, 6) is -0.539. The lowest BCUT2D eigenvalue weighted by Crippen LogP contribution is -2.35. The number of carbonyl (C=O) groups is 3. The molecule has 0 radical (unpaired) electrons. The van der Waals surface area contributed by atoms with E-state index in [0.29, 0.717) is 5.56 Å². The Morgan fingerprint density at radius 2 is 1.64 bits per heavy atom. The maximum atomic E-state index is 12.4. The molecule has 0 aromatic heterocycles. The molecule has 2 amide bonds. The standard InChI is InChI=1S/C23H28N2O3/c1-15-9-10-17(3)19(13-15)21(26)11-12-23(28)25(5)14-22(27)24-20-8-6-7-16(2)18(20)4/h6-10,13H,11-12,14H2,1-5H3,(H,24,27). The Morgan fingerprint density at radius 1 is 0.929 bits per heavy atom. The summed E-state index contributed by atoms with van der Waals surface area (Å²) in [6, 6.07) is 11.4. The first-order valence-corrected chi connectivity index (χ1v) is 9.39. The first-order chi connectivity index (χ1) is 13.2. The highest BCUT2D eigenvalue weighted by Gasteiger charge is 2.17. The summed E-state index contributed by atoms with van der Waals surface area (Å²) in [7, 11) is 1.58. The SMILES string of the molecule is Cc1ccc(C)c(C(=O)CCC(=O)N(C)CC(=O)Nc2cccc(C)c2C)c1. The molecule has 2 aromatic carbocycles. The predicted molar refractivity (Wildman–Crippen MR) is 112 cm³/mol. The maximum absolute atomic E-state index is 12.4. The van der Waals surface area contributed by atoms with Crippen LogP contribution in [0.15, 0.2) is 36.4 Å². The number of aryl methyl sites for hydroxylation is 3. The maximum Gasteiger partial charge on any atom is 0.243 e. The zero-order chi connectivity index (χ0) is 20.8. The molecule has 0 heterocycles. The Kier molecular flexibility index (Phi) is 7.10. The van der Waals surface area contributed by atoms with Crippen LogP contribution >= 0.6 is 0 Å². The van der Waals surface area contributed by atoms with Crippen molar-refractivity contribution in [3.8, 4) is 0 Å². The van der Waals surface area contributed by atoms with Crippen molar-refractivity contribution >= 4 is 23.3 Å². The zero-order valence-electron chi connectivity index (χ0n) is 17.3. The molecule has 0 bridgehead atoms. The summed E-state index contributed by atoms with van der Waals surface area (Å²) in [6.45, 7) is 7.69. The highest BCUT2D eigenvalue weighted by atomic mass is 16.2. The molecular weight excluding hydrogens is 352 g/mol. The number of likely N-dealkylation sites (N-methyl/N-ethyl adjacent to an activating group) is 1. The monoisotopic (exact) mass is 380 g/mol. The van der Waals surface area contributed by atoms with Crippen molar-refractivity contribution < 1.29 is 14.4 Å². The second-order valence-corrected chi connectivity index (χ2v) is 7.29. The molecule has 1 N–H and O–H groups in total. The van der Waals surface area contributed by atoms with Gasteiger partial charge in [-0.3, -0.25) is 14.4 Å². The Morgan fingerprint density at radius 3 is 2.36 bits per heavy atom. The lowest BCUT2D eigenvalue weighted by Gasteiger charge is -2.18. The van der Waals surface area contributed by atoms with E-state index in [2.05, 4.69) is 5.32 Å². The summed E-state index contributed by atoms with van der Waals surface area (Å²) < 4.78 is 0. The van der Waals surface area contributed by atoms with Gasteiger partial charge in [0.05, 0.1) is 6.54 Å². The fraction of sp³-hybridized carbons (Fsp3) is 0.348. The number of anilines is 1. The molecule has 28 heavy (non-hydrogen) atoms. The molecule has 0 aliphatic rings. The zero-order valence-corrected chi connectivity index (χ0v) is 17.3. The second-order valence-electron chi connectivity index (χ2n) is 7.29. The van der Waals surface area contributed by atoms with Crippen molar-refractivity contribution in [3.05, 3.63) is 64.2 Å². The van der Waals surface area contributed by atoms with Crippen LogP contribution in [0.3, 0.4) is 0 Å². The number of amides is 2. The molecule has 0 spiro atoms. The number of ketones is 1. The van der Waals surface area contributed by atoms with Crippen molar-refractivity contribution in [2.75, 3.05) is 18.9 Å². The minimum Gasteiger partial charge on any atom is -0.336 e. The van der Waals surface area contributed by atoms with Gasteiger partial charge < -0.3 is 10.2 Å². The Balaban J connectivity index is 1.88. The lowest BCUT2D eigenvalue weighted by atomic mass is 9.99. The van der Waals surface area contributed by atoms with E-state index < -0.39 is 0 Å². The molecule has 0 fully saturated rings. The van der Waals surface area contributed by atoms with Crippen molar-refractivity contribution in [2.24, 2.45) is 0 Å². The molecule has 0 aliphatic carbocycles. The van der Waals surface area contributed by atoms with Gasteiger partial charge >= 0.3 is 0 Å². The smallest absolute Gasteiger partial charge is 0.243 e. The van der Waals surface area contributed by atoms with E-state index in [4.69, 9.17) is 0 Å². The number of rotatable bonds is 7. The molecule has 2 rings (SSSR count). The molecule has 0 unspecified atom stereocenters. The number of nitrogens with one attached hydrogen (secondary N) is 1. The summed E-state index contributed by atoms with van der Waals surface area (Å²) >= 11 is 0. The third-order valence-corrected chi connectivity index (χ3v) is 4.94. The molecule has 0 saturated heterocycles. The Bertz CT molecular complexity index is 903. The molecule has 5 heteroatoms. The van der Waals surface area contributed by atoms with Crippen LogP contribution in [0, 0.1) is 27.7 Å². The van der Waals surface area contributed by atoms with E-state index in [9.17, 15) is 14.4 Å². The van der Waals surface area contributed by atoms with Crippen LogP contribution in [0.25, 0.3) is 0 Å². The van der Waals surface area contributed by atoms with E-state index in [1.54, 1.807) is 7.05 Å². The average Bonchev–Trinajstić information content (AvgIpc) is 2.65. The van der Waals surface area contributed by atoms with E-state index in [-0.39, 0.29) is 37.0 Å². The van der Waals surface area contributed by atoms with E-state index in [0.717, 1.165) is 27.9 Å². The van der Waals surface area contributed by atoms with Crippen LogP contribution in [0.5, 0.6) is 0 Å². The van der Waals surface area contributed by atoms with Gasteiger partial charge in [0.1, 0.15) is 0 Å². The van der Waals surface area contributed by atoms with E-state index >= 15 is 0 Å². The molecular formula is C23H28N2O3. The van der Waals surface area contributed by atoms with Crippen LogP contribution in [0.1, 0.15) is 45.5 Å². The number of benzene rings is 2. The third kappa shape index (κ3) is 5.52. The molecule has 0 atom stereocenters. The summed E-state index contributed by atoms with van der Waals surface area (Å²) in [5, 5.41) is 2.84. The second kappa shape index (κ2) is 9.31. The summed E-state index contributed by atoms with van der Waals surface area (Å²) in [6.07, 6.45) is 0.214. The van der Waals surface area contributed by atoms with Gasteiger partial charge in [0.25, 0.3) is 0 Å². The first-order valence-electron chi connectivity index (χ1n) is 9.39. The molecule has 0 saturated carbocycles. The van der Waals surface area contributed by atoms with Crippen LogP contribution in [0.4, 0.5) is 5.69 Å². The first kappa shape index (κ1) is 21.4. The van der Waals surface area contributed by atoms with Crippen molar-refractivity contribution in [3.63, 3.8) is 0 Å². The number of nitrogens with zero attached hydrogens (tertiary/aromatic N) is 1. The van der Waals surface area contributed by atoms with Gasteiger partial charge in [0.15, 0.2) is 5.78 Å². The Labute approximate surface area is 166 Å². The fourth-order valence-corrected chi connectivity index (χ4v) is 2.96. The minimum atomic E-state index is -0.259. The van der Waals surface area contributed by atoms with Gasteiger partial charge in [-0.2, -0.15) is 0 Å². The number of hydrogen-bond donors (Lipinski definition) is 1. The van der Waals surface area contributed by atoms with Gasteiger partial charge in [-0.25, -0.2) is 0 Å². The van der Waals surface area contributed by atoms with Gasteiger partial charge in [0, 0.05) is 31.1 Å². The largest absolute Gasteiger partial charge is 0.336 e. The van der Waals surface area contributed by atoms with Gasteiger partial charge in [-0.05, 0) is 56.5 Å². The van der Waals surface area contributed by atoms with Crippen molar-refractivity contribution in [2.45, 2.75) is 40.5 Å². The normalized spacial score (nSPS) is 10.5. The topological polar surface area (TPSA) is 66.5 Å². The van der Waals surface area contributed by atoms with Gasteiger partial charge in [-0.15, -0.1) is 0 Å². The van der Waals surface area contributed by atoms with Gasteiger partial charge in [0.2, 0.25) is 11.8 Å². The molecule has 2 aromatic rings. The van der Waals surface area contributed by atoms with Crippen LogP contribution in [-0.2, 0) is 9.59 Å². The average molecular weight is 380 g/mol.